The number of fused-ring (bicyclic) bond motifs is 1. The Morgan fingerprint density at radius 3 is 2.26 bits per heavy atom. The number of carbonyl (C=O) groups is 2. The lowest BCUT2D eigenvalue weighted by Gasteiger charge is -2.26. The number of thiophene rings is 1. The number of carbonyl (C=O) groups excluding carboxylic acids is 2. The molecule has 0 radical (unpaired) electrons. The average Bonchev–Trinajstić information content (AvgIpc) is 2.88. The van der Waals surface area contributed by atoms with Crippen LogP contribution in [0, 0.1) is 12.8 Å². The van der Waals surface area contributed by atoms with Crippen molar-refractivity contribution in [2.45, 2.75) is 66.2 Å². The van der Waals surface area contributed by atoms with E-state index in [1.165, 1.54) is 15.6 Å². The molecular formula is C21H30N2O3S. The summed E-state index contributed by atoms with van der Waals surface area (Å²) in [6.45, 7) is 13.2. The lowest BCUT2D eigenvalue weighted by molar-refractivity contribution is -0.124. The van der Waals surface area contributed by atoms with Gasteiger partial charge in [-0.15, -0.1) is 11.3 Å². The molecule has 1 unspecified atom stereocenters. The van der Waals surface area contributed by atoms with Crippen LogP contribution in [-0.4, -0.2) is 23.6 Å². The summed E-state index contributed by atoms with van der Waals surface area (Å²) in [6, 6.07) is 7.43. The Kier molecular flexibility index (Phi) is 6.52. The van der Waals surface area contributed by atoms with Crippen LogP contribution in [0.15, 0.2) is 24.3 Å². The zero-order valence-corrected chi connectivity index (χ0v) is 18.0. The fourth-order valence-electron chi connectivity index (χ4n) is 2.94. The van der Waals surface area contributed by atoms with Gasteiger partial charge in [0.05, 0.1) is 6.04 Å². The second-order valence-electron chi connectivity index (χ2n) is 8.19. The molecule has 0 aliphatic heterocycles. The van der Waals surface area contributed by atoms with Gasteiger partial charge in [0, 0.05) is 9.58 Å². The molecule has 2 rings (SSSR count). The second-order valence-corrected chi connectivity index (χ2v) is 9.27. The van der Waals surface area contributed by atoms with Gasteiger partial charge in [0.25, 0.3) is 0 Å². The van der Waals surface area contributed by atoms with E-state index in [1.807, 2.05) is 32.9 Å². The number of ether oxygens (including phenoxy) is 1. The Morgan fingerprint density at radius 1 is 1.07 bits per heavy atom. The van der Waals surface area contributed by atoms with Gasteiger partial charge in [-0.25, -0.2) is 4.79 Å². The van der Waals surface area contributed by atoms with Crippen molar-refractivity contribution in [2.24, 2.45) is 5.92 Å². The van der Waals surface area contributed by atoms with Gasteiger partial charge < -0.3 is 15.4 Å². The maximum absolute atomic E-state index is 12.8. The molecule has 148 valence electrons. The summed E-state index contributed by atoms with van der Waals surface area (Å²) in [4.78, 5) is 26.0. The average molecular weight is 391 g/mol. The molecule has 0 saturated heterocycles. The molecule has 1 aromatic carbocycles. The van der Waals surface area contributed by atoms with Crippen molar-refractivity contribution in [3.05, 3.63) is 34.7 Å². The van der Waals surface area contributed by atoms with E-state index in [4.69, 9.17) is 4.74 Å². The summed E-state index contributed by atoms with van der Waals surface area (Å²) in [5, 5.41) is 6.96. The lowest BCUT2D eigenvalue weighted by atomic mass is 10.0. The van der Waals surface area contributed by atoms with Gasteiger partial charge in [-0.3, -0.25) is 4.79 Å². The van der Waals surface area contributed by atoms with E-state index in [2.05, 4.69) is 29.7 Å². The summed E-state index contributed by atoms with van der Waals surface area (Å²) in [5.41, 5.74) is 0.577. The zero-order valence-electron chi connectivity index (χ0n) is 17.2. The zero-order chi connectivity index (χ0) is 20.4. The van der Waals surface area contributed by atoms with Gasteiger partial charge in [-0.05, 0) is 57.6 Å². The molecule has 2 atom stereocenters. The minimum absolute atomic E-state index is 0.0618. The Morgan fingerprint density at radius 2 is 1.70 bits per heavy atom. The van der Waals surface area contributed by atoms with E-state index in [0.717, 1.165) is 4.88 Å². The summed E-state index contributed by atoms with van der Waals surface area (Å²) in [7, 11) is 0. The highest BCUT2D eigenvalue weighted by Gasteiger charge is 2.28. The van der Waals surface area contributed by atoms with Crippen molar-refractivity contribution in [1.29, 1.82) is 0 Å². The molecule has 27 heavy (non-hydrogen) atoms. The van der Waals surface area contributed by atoms with Crippen LogP contribution >= 0.6 is 11.3 Å². The topological polar surface area (TPSA) is 67.4 Å². The predicted octanol–water partition coefficient (Wildman–Crippen LogP) is 4.94. The minimum atomic E-state index is -0.656. The van der Waals surface area contributed by atoms with Crippen LogP contribution in [0.2, 0.25) is 0 Å². The molecule has 2 amide bonds. The smallest absolute Gasteiger partial charge is 0.408 e. The standard InChI is InChI=1S/C21H30N2O3S/c1-12(2)17(23-20(25)26-21(5,6)7)19(24)22-14(4)18-13(3)15-10-8-9-11-16(15)27-18/h8-12,14,17H,1-7H3,(H,22,24)(H,23,25)/t14?,17-/m0/s1. The van der Waals surface area contributed by atoms with Crippen LogP contribution in [0.3, 0.4) is 0 Å². The first-order chi connectivity index (χ1) is 12.5. The largest absolute Gasteiger partial charge is 0.444 e. The molecule has 0 saturated carbocycles. The molecular weight excluding hydrogens is 360 g/mol. The Labute approximate surface area is 165 Å². The van der Waals surface area contributed by atoms with Gasteiger partial charge in [0.2, 0.25) is 5.91 Å². The monoisotopic (exact) mass is 390 g/mol. The summed E-state index contributed by atoms with van der Waals surface area (Å²) < 4.78 is 6.50. The summed E-state index contributed by atoms with van der Waals surface area (Å²) in [5.74, 6) is -0.270. The van der Waals surface area contributed by atoms with Crippen molar-refractivity contribution in [3.63, 3.8) is 0 Å². The molecule has 2 N–H and O–H groups in total. The maximum Gasteiger partial charge on any atom is 0.408 e. The first-order valence-corrected chi connectivity index (χ1v) is 10.1. The number of nitrogens with one attached hydrogen (secondary N) is 2. The van der Waals surface area contributed by atoms with Crippen LogP contribution < -0.4 is 10.6 Å². The molecule has 1 aromatic heterocycles. The van der Waals surface area contributed by atoms with E-state index < -0.39 is 17.7 Å². The van der Waals surface area contributed by atoms with Crippen LogP contribution in [0.25, 0.3) is 10.1 Å². The minimum Gasteiger partial charge on any atom is -0.444 e. The highest BCUT2D eigenvalue weighted by molar-refractivity contribution is 7.19. The third kappa shape index (κ3) is 5.45. The maximum atomic E-state index is 12.8. The molecule has 6 heteroatoms. The number of benzene rings is 1. The quantitative estimate of drug-likeness (QED) is 0.760. The van der Waals surface area contributed by atoms with Gasteiger partial charge in [0.15, 0.2) is 0 Å². The van der Waals surface area contributed by atoms with Gasteiger partial charge in [-0.2, -0.15) is 0 Å². The van der Waals surface area contributed by atoms with Crippen molar-refractivity contribution >= 4 is 33.4 Å². The summed E-state index contributed by atoms with van der Waals surface area (Å²) in [6.07, 6.45) is -0.581. The van der Waals surface area contributed by atoms with Crippen LogP contribution in [0.1, 0.15) is 58.0 Å². The van der Waals surface area contributed by atoms with E-state index in [9.17, 15) is 9.59 Å². The van der Waals surface area contributed by atoms with Gasteiger partial charge in [0.1, 0.15) is 11.6 Å². The molecule has 0 fully saturated rings. The van der Waals surface area contributed by atoms with Crippen molar-refractivity contribution < 1.29 is 14.3 Å². The van der Waals surface area contributed by atoms with E-state index >= 15 is 0 Å². The molecule has 0 spiro atoms. The van der Waals surface area contributed by atoms with E-state index in [-0.39, 0.29) is 17.9 Å². The highest BCUT2D eigenvalue weighted by atomic mass is 32.1. The van der Waals surface area contributed by atoms with Crippen LogP contribution in [-0.2, 0) is 9.53 Å². The van der Waals surface area contributed by atoms with E-state index in [0.29, 0.717) is 0 Å². The first kappa shape index (κ1) is 21.2. The van der Waals surface area contributed by atoms with Gasteiger partial charge >= 0.3 is 6.09 Å². The Hall–Kier alpha value is -2.08. The Bertz CT molecular complexity index is 820. The van der Waals surface area contributed by atoms with E-state index in [1.54, 1.807) is 32.1 Å². The highest BCUT2D eigenvalue weighted by Crippen LogP contribution is 2.34. The predicted molar refractivity (Wildman–Crippen MR) is 111 cm³/mol. The summed E-state index contributed by atoms with van der Waals surface area (Å²) >= 11 is 1.69. The van der Waals surface area contributed by atoms with Crippen molar-refractivity contribution in [3.8, 4) is 0 Å². The van der Waals surface area contributed by atoms with Crippen molar-refractivity contribution in [2.75, 3.05) is 0 Å². The number of aryl methyl sites for hydroxylation is 1. The lowest BCUT2D eigenvalue weighted by Crippen LogP contribution is -2.51. The number of hydrogen-bond donors (Lipinski definition) is 2. The number of hydrogen-bond acceptors (Lipinski definition) is 4. The van der Waals surface area contributed by atoms with Crippen molar-refractivity contribution in [1.82, 2.24) is 10.6 Å². The number of amides is 2. The fraction of sp³-hybridized carbons (Fsp3) is 0.524. The number of rotatable bonds is 5. The molecule has 0 aliphatic rings. The molecule has 5 nitrogen and oxygen atoms in total. The first-order valence-electron chi connectivity index (χ1n) is 9.27. The normalized spacial score (nSPS) is 14.1. The molecule has 0 bridgehead atoms. The Balaban J connectivity index is 2.11. The van der Waals surface area contributed by atoms with Crippen LogP contribution in [0.4, 0.5) is 4.79 Å². The number of alkyl carbamates (subject to hydrolysis) is 1. The SMILES string of the molecule is Cc1c(C(C)NC(=O)[C@@H](NC(=O)OC(C)(C)C)C(C)C)sc2ccccc12. The molecule has 1 heterocycles. The molecule has 0 aliphatic carbocycles. The third-order valence-electron chi connectivity index (χ3n) is 4.25. The van der Waals surface area contributed by atoms with Gasteiger partial charge in [-0.1, -0.05) is 32.0 Å². The van der Waals surface area contributed by atoms with Crippen LogP contribution in [0.5, 0.6) is 0 Å². The second kappa shape index (κ2) is 8.30. The third-order valence-corrected chi connectivity index (χ3v) is 5.71. The fourth-order valence-corrected chi connectivity index (χ4v) is 4.16. The molecule has 2 aromatic rings.